The van der Waals surface area contributed by atoms with Crippen LogP contribution in [0.2, 0.25) is 0 Å². The molecule has 0 unspecified atom stereocenters. The van der Waals surface area contributed by atoms with Crippen LogP contribution in [0.25, 0.3) is 0 Å². The Bertz CT molecular complexity index is 214. The molecular weight excluding hydrogens is 168 g/mol. The fourth-order valence-electron chi connectivity index (χ4n) is 1.47. The number of carbonyl (C=O) groups excluding carboxylic acids is 1. The lowest BCUT2D eigenvalue weighted by Gasteiger charge is -2.31. The molecule has 1 rings (SSSR count). The summed E-state index contributed by atoms with van der Waals surface area (Å²) in [6, 6.07) is 0. The molecule has 0 atom stereocenters. The van der Waals surface area contributed by atoms with Crippen molar-refractivity contribution in [2.24, 2.45) is 0 Å². The third-order valence-corrected chi connectivity index (χ3v) is 2.27. The van der Waals surface area contributed by atoms with Crippen molar-refractivity contribution in [3.05, 3.63) is 12.2 Å². The number of ether oxygens (including phenoxy) is 1. The van der Waals surface area contributed by atoms with Crippen LogP contribution in [-0.4, -0.2) is 16.9 Å². The number of rotatable bonds is 2. The molecular formula is C10H16O3. The Morgan fingerprint density at radius 1 is 1.38 bits per heavy atom. The van der Waals surface area contributed by atoms with E-state index in [1.54, 1.807) is 6.92 Å². The van der Waals surface area contributed by atoms with Gasteiger partial charge in [-0.2, -0.15) is 0 Å². The van der Waals surface area contributed by atoms with E-state index < -0.39 is 11.8 Å². The monoisotopic (exact) mass is 184 g/mol. The second-order valence-corrected chi connectivity index (χ2v) is 3.68. The summed E-state index contributed by atoms with van der Waals surface area (Å²) in [6.45, 7) is 5.04. The fourth-order valence-corrected chi connectivity index (χ4v) is 1.47. The molecule has 3 heteroatoms. The fraction of sp³-hybridized carbons (Fsp3) is 0.700. The zero-order valence-electron chi connectivity index (χ0n) is 8.01. The molecule has 0 aromatic heterocycles. The van der Waals surface area contributed by atoms with Crippen LogP contribution in [0.4, 0.5) is 0 Å². The van der Waals surface area contributed by atoms with Gasteiger partial charge >= 0.3 is 5.97 Å². The maximum Gasteiger partial charge on any atom is 0.335 e. The van der Waals surface area contributed by atoms with Gasteiger partial charge in [0, 0.05) is 18.4 Å². The van der Waals surface area contributed by atoms with E-state index in [9.17, 15) is 9.90 Å². The third-order valence-electron chi connectivity index (χ3n) is 2.27. The van der Waals surface area contributed by atoms with E-state index in [-0.39, 0.29) is 0 Å². The summed E-state index contributed by atoms with van der Waals surface area (Å²) in [5.41, 5.74) is 0.332. The normalized spacial score (nSPS) is 20.8. The van der Waals surface area contributed by atoms with Gasteiger partial charge in [-0.3, -0.25) is 0 Å². The lowest BCUT2D eigenvalue weighted by atomic mass is 9.94. The van der Waals surface area contributed by atoms with Crippen LogP contribution in [0.1, 0.15) is 39.0 Å². The Morgan fingerprint density at radius 2 is 1.92 bits per heavy atom. The highest BCUT2D eigenvalue weighted by molar-refractivity contribution is 5.87. The highest BCUT2D eigenvalue weighted by atomic mass is 16.7. The van der Waals surface area contributed by atoms with Gasteiger partial charge in [0.25, 0.3) is 0 Å². The van der Waals surface area contributed by atoms with Crippen LogP contribution in [0, 0.1) is 0 Å². The van der Waals surface area contributed by atoms with Gasteiger partial charge < -0.3 is 9.84 Å². The second kappa shape index (κ2) is 3.92. The number of hydrogen-bond donors (Lipinski definition) is 1. The summed E-state index contributed by atoms with van der Waals surface area (Å²) in [6.07, 6.45) is 4.03. The van der Waals surface area contributed by atoms with Crippen molar-refractivity contribution in [3.63, 3.8) is 0 Å². The SMILES string of the molecule is C=C(C)C(=O)OC1(O)CCCCC1. The van der Waals surface area contributed by atoms with E-state index in [0.29, 0.717) is 18.4 Å². The van der Waals surface area contributed by atoms with Gasteiger partial charge in [0.1, 0.15) is 0 Å². The number of aliphatic hydroxyl groups is 1. The standard InChI is InChI=1S/C10H16O3/c1-8(2)9(11)13-10(12)6-4-3-5-7-10/h12H,1,3-7H2,2H3. The van der Waals surface area contributed by atoms with Crippen LogP contribution >= 0.6 is 0 Å². The largest absolute Gasteiger partial charge is 0.430 e. The van der Waals surface area contributed by atoms with Gasteiger partial charge in [0.2, 0.25) is 5.79 Å². The van der Waals surface area contributed by atoms with E-state index in [0.717, 1.165) is 19.3 Å². The maximum atomic E-state index is 11.1. The summed E-state index contributed by atoms with van der Waals surface area (Å²) in [7, 11) is 0. The lowest BCUT2D eigenvalue weighted by Crippen LogP contribution is -2.37. The Hall–Kier alpha value is -0.830. The first kappa shape index (κ1) is 10.3. The molecule has 1 aliphatic carbocycles. The summed E-state index contributed by atoms with van der Waals surface area (Å²) in [5.74, 6) is -1.72. The number of carbonyl (C=O) groups is 1. The van der Waals surface area contributed by atoms with Gasteiger partial charge in [-0.15, -0.1) is 0 Å². The predicted molar refractivity (Wildman–Crippen MR) is 48.9 cm³/mol. The van der Waals surface area contributed by atoms with Gasteiger partial charge in [-0.05, 0) is 19.8 Å². The molecule has 0 spiro atoms. The zero-order chi connectivity index (χ0) is 9.90. The molecule has 1 N–H and O–H groups in total. The number of hydrogen-bond acceptors (Lipinski definition) is 3. The van der Waals surface area contributed by atoms with Crippen LogP contribution < -0.4 is 0 Å². The van der Waals surface area contributed by atoms with Crippen molar-refractivity contribution < 1.29 is 14.6 Å². The minimum Gasteiger partial charge on any atom is -0.430 e. The molecule has 0 saturated heterocycles. The molecule has 0 radical (unpaired) electrons. The Kier molecular flexibility index (Phi) is 3.09. The van der Waals surface area contributed by atoms with Crippen LogP contribution in [0.3, 0.4) is 0 Å². The van der Waals surface area contributed by atoms with Gasteiger partial charge in [-0.1, -0.05) is 13.0 Å². The summed E-state index contributed by atoms with van der Waals surface area (Å²) >= 11 is 0. The molecule has 0 bridgehead atoms. The molecule has 1 saturated carbocycles. The molecule has 3 nitrogen and oxygen atoms in total. The Morgan fingerprint density at radius 3 is 2.38 bits per heavy atom. The number of esters is 1. The topological polar surface area (TPSA) is 46.5 Å². The molecule has 0 aromatic rings. The lowest BCUT2D eigenvalue weighted by molar-refractivity contribution is -0.216. The van der Waals surface area contributed by atoms with Crippen molar-refractivity contribution in [2.75, 3.05) is 0 Å². The smallest absolute Gasteiger partial charge is 0.335 e. The van der Waals surface area contributed by atoms with Crippen molar-refractivity contribution in [1.29, 1.82) is 0 Å². The van der Waals surface area contributed by atoms with Crippen LogP contribution in [0.5, 0.6) is 0 Å². The predicted octanol–water partition coefficient (Wildman–Crippen LogP) is 1.76. The molecule has 0 aliphatic heterocycles. The molecule has 1 aliphatic rings. The molecule has 0 aromatic carbocycles. The first-order valence-electron chi connectivity index (χ1n) is 4.65. The molecule has 74 valence electrons. The summed E-state index contributed by atoms with van der Waals surface area (Å²) in [4.78, 5) is 11.1. The van der Waals surface area contributed by atoms with Crippen molar-refractivity contribution in [2.45, 2.75) is 44.8 Å². The minimum atomic E-state index is -1.23. The van der Waals surface area contributed by atoms with Crippen molar-refractivity contribution in [3.8, 4) is 0 Å². The molecule has 13 heavy (non-hydrogen) atoms. The van der Waals surface area contributed by atoms with Gasteiger partial charge in [0.05, 0.1) is 0 Å². The quantitative estimate of drug-likeness (QED) is 0.404. The Labute approximate surface area is 78.4 Å². The minimum absolute atomic E-state index is 0.332. The van der Waals surface area contributed by atoms with Crippen molar-refractivity contribution in [1.82, 2.24) is 0 Å². The first-order chi connectivity index (χ1) is 6.03. The third kappa shape index (κ3) is 2.84. The highest BCUT2D eigenvalue weighted by Gasteiger charge is 2.33. The van der Waals surface area contributed by atoms with Gasteiger partial charge in [-0.25, -0.2) is 4.79 Å². The van der Waals surface area contributed by atoms with E-state index in [4.69, 9.17) is 4.74 Å². The zero-order valence-corrected chi connectivity index (χ0v) is 8.01. The summed E-state index contributed by atoms with van der Waals surface area (Å²) < 4.78 is 4.96. The molecule has 0 amide bonds. The highest BCUT2D eigenvalue weighted by Crippen LogP contribution is 2.29. The van der Waals surface area contributed by atoms with Crippen molar-refractivity contribution >= 4 is 5.97 Å². The average Bonchev–Trinajstić information content (AvgIpc) is 2.04. The second-order valence-electron chi connectivity index (χ2n) is 3.68. The maximum absolute atomic E-state index is 11.1. The summed E-state index contributed by atoms with van der Waals surface area (Å²) in [5, 5.41) is 9.81. The van der Waals surface area contributed by atoms with E-state index >= 15 is 0 Å². The van der Waals surface area contributed by atoms with Gasteiger partial charge in [0.15, 0.2) is 0 Å². The van der Waals surface area contributed by atoms with E-state index in [1.807, 2.05) is 0 Å². The van der Waals surface area contributed by atoms with Crippen LogP contribution in [-0.2, 0) is 9.53 Å². The molecule has 1 fully saturated rings. The average molecular weight is 184 g/mol. The molecule has 0 heterocycles. The first-order valence-corrected chi connectivity index (χ1v) is 4.65. The Balaban J connectivity index is 2.50. The van der Waals surface area contributed by atoms with E-state index in [1.165, 1.54) is 0 Å². The van der Waals surface area contributed by atoms with E-state index in [2.05, 4.69) is 6.58 Å². The van der Waals surface area contributed by atoms with Crippen LogP contribution in [0.15, 0.2) is 12.2 Å².